The third-order valence-corrected chi connectivity index (χ3v) is 6.07. The molecule has 1 unspecified atom stereocenters. The Hall–Kier alpha value is -2.08. The summed E-state index contributed by atoms with van der Waals surface area (Å²) in [4.78, 5) is 8.38. The molecule has 5 rings (SSSR count). The number of benzene rings is 2. The van der Waals surface area contributed by atoms with Crippen LogP contribution in [0.3, 0.4) is 0 Å². The minimum atomic E-state index is -0.476. The molecule has 0 spiro atoms. The minimum absolute atomic E-state index is 0.320. The lowest BCUT2D eigenvalue weighted by Gasteiger charge is -2.35. The average Bonchev–Trinajstić information content (AvgIpc) is 3.44. The Labute approximate surface area is 165 Å². The fourth-order valence-electron chi connectivity index (χ4n) is 4.35. The molecule has 0 bridgehead atoms. The summed E-state index contributed by atoms with van der Waals surface area (Å²) in [6.45, 7) is 6.61. The Kier molecular flexibility index (Phi) is 4.97. The topological polar surface area (TPSA) is 51.7 Å². The number of ether oxygens (including phenoxy) is 1. The van der Waals surface area contributed by atoms with Crippen LogP contribution in [0.2, 0.25) is 0 Å². The van der Waals surface area contributed by atoms with Gasteiger partial charge in [-0.15, -0.1) is 0 Å². The van der Waals surface area contributed by atoms with Gasteiger partial charge in [-0.3, -0.25) is 4.90 Å². The van der Waals surface area contributed by atoms with Gasteiger partial charge in [-0.05, 0) is 37.0 Å². The lowest BCUT2D eigenvalue weighted by Crippen LogP contribution is -2.49. The van der Waals surface area contributed by atoms with E-state index in [4.69, 9.17) is 4.74 Å². The van der Waals surface area contributed by atoms with Crippen LogP contribution in [-0.4, -0.2) is 71.9 Å². The van der Waals surface area contributed by atoms with Gasteiger partial charge in [0.2, 0.25) is 0 Å². The summed E-state index contributed by atoms with van der Waals surface area (Å²) in [7, 11) is 0. The van der Waals surface area contributed by atoms with Crippen LogP contribution in [-0.2, 0) is 0 Å². The molecule has 1 aliphatic heterocycles. The number of aromatic amines is 1. The van der Waals surface area contributed by atoms with E-state index in [1.54, 1.807) is 0 Å². The molecule has 5 nitrogen and oxygen atoms in total. The Morgan fingerprint density at radius 2 is 1.71 bits per heavy atom. The maximum absolute atomic E-state index is 10.5. The Bertz CT molecular complexity index is 941. The molecule has 2 aromatic carbocycles. The number of hydrogen-bond donors (Lipinski definition) is 2. The Balaban J connectivity index is 1.18. The zero-order valence-corrected chi connectivity index (χ0v) is 16.3. The number of rotatable bonds is 7. The van der Waals surface area contributed by atoms with Crippen molar-refractivity contribution >= 4 is 21.8 Å². The molecule has 2 aliphatic rings. The molecule has 1 aliphatic carbocycles. The number of aliphatic hydroxyl groups is 1. The van der Waals surface area contributed by atoms with Crippen LogP contribution in [0, 0.1) is 5.92 Å². The van der Waals surface area contributed by atoms with E-state index in [0.717, 1.165) is 59.7 Å². The Morgan fingerprint density at radius 1 is 0.964 bits per heavy atom. The van der Waals surface area contributed by atoms with E-state index in [1.807, 2.05) is 24.3 Å². The molecule has 0 amide bonds. The van der Waals surface area contributed by atoms with Gasteiger partial charge in [0.15, 0.2) is 0 Å². The van der Waals surface area contributed by atoms with Crippen molar-refractivity contribution in [2.75, 3.05) is 45.9 Å². The molecule has 3 aromatic rings. The molecule has 5 heteroatoms. The van der Waals surface area contributed by atoms with Gasteiger partial charge in [0, 0.05) is 55.6 Å². The molecule has 148 valence electrons. The fraction of sp³-hybridized carbons (Fsp3) is 0.478. The van der Waals surface area contributed by atoms with E-state index in [2.05, 4.69) is 33.0 Å². The van der Waals surface area contributed by atoms with Gasteiger partial charge < -0.3 is 19.7 Å². The third kappa shape index (κ3) is 3.88. The summed E-state index contributed by atoms with van der Waals surface area (Å²) in [5, 5.41) is 12.8. The number of hydrogen-bond acceptors (Lipinski definition) is 4. The van der Waals surface area contributed by atoms with Gasteiger partial charge >= 0.3 is 0 Å². The van der Waals surface area contributed by atoms with Crippen molar-refractivity contribution in [3.63, 3.8) is 0 Å². The third-order valence-electron chi connectivity index (χ3n) is 6.07. The van der Waals surface area contributed by atoms with Crippen LogP contribution in [0.15, 0.2) is 42.5 Å². The van der Waals surface area contributed by atoms with Gasteiger partial charge in [-0.1, -0.05) is 24.3 Å². The van der Waals surface area contributed by atoms with Crippen molar-refractivity contribution in [2.45, 2.75) is 18.9 Å². The van der Waals surface area contributed by atoms with E-state index in [9.17, 15) is 5.11 Å². The zero-order chi connectivity index (χ0) is 18.9. The summed E-state index contributed by atoms with van der Waals surface area (Å²) in [5.41, 5.74) is 2.18. The first-order valence-corrected chi connectivity index (χ1v) is 10.5. The van der Waals surface area contributed by atoms with Gasteiger partial charge in [-0.2, -0.15) is 0 Å². The molecule has 1 atom stereocenters. The molecule has 0 radical (unpaired) electrons. The second-order valence-electron chi connectivity index (χ2n) is 8.36. The lowest BCUT2D eigenvalue weighted by molar-refractivity contribution is 0.0456. The van der Waals surface area contributed by atoms with Crippen LogP contribution < -0.4 is 4.74 Å². The standard InChI is InChI=1S/C23H29N3O2/c27-18(15-26-12-10-25(11-13-26)14-17-8-9-17)16-28-22-7-3-6-21-23(22)19-4-1-2-5-20(19)24-21/h1-7,17-18,24,27H,8-16H2. The first-order valence-electron chi connectivity index (χ1n) is 10.5. The van der Waals surface area contributed by atoms with Crippen molar-refractivity contribution in [3.8, 4) is 5.75 Å². The summed E-state index contributed by atoms with van der Waals surface area (Å²) in [5.74, 6) is 1.79. The second-order valence-corrected chi connectivity index (χ2v) is 8.36. The molecular formula is C23H29N3O2. The molecule has 1 aromatic heterocycles. The van der Waals surface area contributed by atoms with E-state index < -0.39 is 6.10 Å². The molecule has 1 saturated carbocycles. The van der Waals surface area contributed by atoms with Gasteiger partial charge in [0.05, 0.1) is 5.52 Å². The number of aromatic nitrogens is 1. The van der Waals surface area contributed by atoms with Crippen LogP contribution >= 0.6 is 0 Å². The summed E-state index contributed by atoms with van der Waals surface area (Å²) >= 11 is 0. The highest BCUT2D eigenvalue weighted by Gasteiger charge is 2.26. The van der Waals surface area contributed by atoms with Crippen molar-refractivity contribution < 1.29 is 9.84 Å². The van der Waals surface area contributed by atoms with Gasteiger partial charge in [-0.25, -0.2) is 0 Å². The smallest absolute Gasteiger partial charge is 0.129 e. The highest BCUT2D eigenvalue weighted by atomic mass is 16.5. The number of nitrogens with one attached hydrogen (secondary N) is 1. The predicted molar refractivity (Wildman–Crippen MR) is 113 cm³/mol. The SMILES string of the molecule is OC(COc1cccc2[nH]c3ccccc3c12)CN1CCN(CC2CC2)CC1. The largest absolute Gasteiger partial charge is 0.490 e. The van der Waals surface area contributed by atoms with E-state index in [1.165, 1.54) is 19.4 Å². The van der Waals surface area contributed by atoms with Gasteiger partial charge in [0.25, 0.3) is 0 Å². The quantitative estimate of drug-likeness (QED) is 0.662. The first-order chi connectivity index (χ1) is 13.8. The van der Waals surface area contributed by atoms with Crippen LogP contribution in [0.1, 0.15) is 12.8 Å². The van der Waals surface area contributed by atoms with Crippen molar-refractivity contribution in [3.05, 3.63) is 42.5 Å². The van der Waals surface area contributed by atoms with Crippen LogP contribution in [0.4, 0.5) is 0 Å². The number of H-pyrrole nitrogens is 1. The Morgan fingerprint density at radius 3 is 2.54 bits per heavy atom. The average molecular weight is 380 g/mol. The van der Waals surface area contributed by atoms with Gasteiger partial charge in [0.1, 0.15) is 18.5 Å². The second kappa shape index (κ2) is 7.74. The van der Waals surface area contributed by atoms with E-state index in [-0.39, 0.29) is 0 Å². The molecule has 2 fully saturated rings. The van der Waals surface area contributed by atoms with Crippen molar-refractivity contribution in [1.82, 2.24) is 14.8 Å². The lowest BCUT2D eigenvalue weighted by atomic mass is 10.1. The van der Waals surface area contributed by atoms with Crippen molar-refractivity contribution in [1.29, 1.82) is 0 Å². The number of fused-ring (bicyclic) bond motifs is 3. The summed E-state index contributed by atoms with van der Waals surface area (Å²) in [6, 6.07) is 14.3. The molecule has 2 N–H and O–H groups in total. The predicted octanol–water partition coefficient (Wildman–Crippen LogP) is 3.09. The molecule has 1 saturated heterocycles. The zero-order valence-electron chi connectivity index (χ0n) is 16.3. The highest BCUT2D eigenvalue weighted by Crippen LogP contribution is 2.33. The van der Waals surface area contributed by atoms with E-state index in [0.29, 0.717) is 13.2 Å². The number of aliphatic hydroxyl groups excluding tert-OH is 1. The maximum Gasteiger partial charge on any atom is 0.129 e. The summed E-state index contributed by atoms with van der Waals surface area (Å²) in [6.07, 6.45) is 2.36. The number of para-hydroxylation sites is 1. The minimum Gasteiger partial charge on any atom is -0.490 e. The normalized spacial score (nSPS) is 20.0. The monoisotopic (exact) mass is 379 g/mol. The van der Waals surface area contributed by atoms with Crippen LogP contribution in [0.25, 0.3) is 21.8 Å². The fourth-order valence-corrected chi connectivity index (χ4v) is 4.35. The molecule has 2 heterocycles. The molecule has 28 heavy (non-hydrogen) atoms. The highest BCUT2D eigenvalue weighted by molar-refractivity contribution is 6.10. The molecular weight excluding hydrogens is 350 g/mol. The maximum atomic E-state index is 10.5. The number of piperazine rings is 1. The van der Waals surface area contributed by atoms with E-state index >= 15 is 0 Å². The summed E-state index contributed by atoms with van der Waals surface area (Å²) < 4.78 is 6.06. The number of nitrogens with zero attached hydrogens (tertiary/aromatic N) is 2. The van der Waals surface area contributed by atoms with Crippen LogP contribution in [0.5, 0.6) is 5.75 Å². The van der Waals surface area contributed by atoms with Crippen molar-refractivity contribution in [2.24, 2.45) is 5.92 Å². The first kappa shape index (κ1) is 18.0. The number of β-amino-alcohol motifs (C(OH)–C–C–N with tert-alkyl or cyclic N) is 1.